The van der Waals surface area contributed by atoms with Gasteiger partial charge in [-0.25, -0.2) is 14.1 Å². The van der Waals surface area contributed by atoms with Gasteiger partial charge in [-0.05, 0) is 18.6 Å². The van der Waals surface area contributed by atoms with Crippen molar-refractivity contribution in [2.24, 2.45) is 0 Å². The summed E-state index contributed by atoms with van der Waals surface area (Å²) in [5, 5.41) is 4.75. The molecule has 28 heavy (non-hydrogen) atoms. The van der Waals surface area contributed by atoms with Crippen molar-refractivity contribution in [1.82, 2.24) is 19.7 Å². The first-order chi connectivity index (χ1) is 13.6. The van der Waals surface area contributed by atoms with Crippen LogP contribution < -0.4 is 4.74 Å². The van der Waals surface area contributed by atoms with Crippen molar-refractivity contribution in [3.8, 4) is 22.8 Å². The quantitative estimate of drug-likeness (QED) is 0.646. The molecule has 0 saturated carbocycles. The summed E-state index contributed by atoms with van der Waals surface area (Å²) < 4.78 is 26.4. The lowest BCUT2D eigenvalue weighted by atomic mass is 10.0. The second kappa shape index (κ2) is 7.47. The van der Waals surface area contributed by atoms with Crippen LogP contribution >= 0.6 is 0 Å². The fourth-order valence-corrected chi connectivity index (χ4v) is 3.35. The van der Waals surface area contributed by atoms with Gasteiger partial charge in [0.2, 0.25) is 5.88 Å². The van der Waals surface area contributed by atoms with Gasteiger partial charge in [-0.15, -0.1) is 0 Å². The fraction of sp³-hybridized carbons (Fsp3) is 0.300. The Hall–Kier alpha value is -3.13. The molecular formula is C20H19FN4O3. The van der Waals surface area contributed by atoms with Gasteiger partial charge in [-0.3, -0.25) is 9.78 Å². The molecule has 4 rings (SSSR count). The van der Waals surface area contributed by atoms with Crippen LogP contribution in [0.25, 0.3) is 16.9 Å². The number of carbonyl (C=O) groups is 1. The SMILES string of the molecule is COc1ncc(-n2nc(-c3ccnc(C(C)=O)c3)c3c2CCOCC3)cc1F. The minimum Gasteiger partial charge on any atom is -0.479 e. The predicted octanol–water partition coefficient (Wildman–Crippen LogP) is 2.79. The number of methoxy groups -OCH3 is 1. The molecule has 0 atom stereocenters. The lowest BCUT2D eigenvalue weighted by Crippen LogP contribution is -2.06. The number of ketones is 1. The van der Waals surface area contributed by atoms with Crippen LogP contribution in [-0.2, 0) is 17.6 Å². The summed E-state index contributed by atoms with van der Waals surface area (Å²) in [6, 6.07) is 4.90. The van der Waals surface area contributed by atoms with Crippen LogP contribution in [0.3, 0.4) is 0 Å². The zero-order chi connectivity index (χ0) is 19.7. The Labute approximate surface area is 161 Å². The van der Waals surface area contributed by atoms with Crippen LogP contribution in [0.4, 0.5) is 4.39 Å². The van der Waals surface area contributed by atoms with Gasteiger partial charge in [0.15, 0.2) is 11.6 Å². The number of hydrogen-bond donors (Lipinski definition) is 0. The normalized spacial score (nSPS) is 13.7. The van der Waals surface area contributed by atoms with Crippen molar-refractivity contribution in [2.45, 2.75) is 19.8 Å². The summed E-state index contributed by atoms with van der Waals surface area (Å²) in [4.78, 5) is 19.9. The van der Waals surface area contributed by atoms with E-state index in [1.165, 1.54) is 26.3 Å². The molecule has 0 aliphatic carbocycles. The molecule has 1 aliphatic rings. The third-order valence-electron chi connectivity index (χ3n) is 4.69. The molecule has 0 bridgehead atoms. The van der Waals surface area contributed by atoms with Gasteiger partial charge in [0.25, 0.3) is 0 Å². The second-order valence-electron chi connectivity index (χ2n) is 6.47. The Balaban J connectivity index is 1.88. The number of ether oxygens (including phenoxy) is 2. The molecule has 0 radical (unpaired) electrons. The van der Waals surface area contributed by atoms with Crippen LogP contribution in [-0.4, -0.2) is 45.9 Å². The average Bonchev–Trinajstić information content (AvgIpc) is 2.89. The number of nitrogens with zero attached hydrogens (tertiary/aromatic N) is 4. The van der Waals surface area contributed by atoms with E-state index in [1.54, 1.807) is 16.9 Å². The number of rotatable bonds is 4. The molecule has 144 valence electrons. The molecule has 0 spiro atoms. The molecule has 0 saturated heterocycles. The third kappa shape index (κ3) is 3.27. The highest BCUT2D eigenvalue weighted by atomic mass is 19.1. The molecule has 1 aliphatic heterocycles. The molecule has 3 aromatic heterocycles. The maximum absolute atomic E-state index is 14.2. The van der Waals surface area contributed by atoms with Crippen molar-refractivity contribution in [3.05, 3.63) is 53.4 Å². The van der Waals surface area contributed by atoms with Crippen LogP contribution in [0.15, 0.2) is 30.6 Å². The fourth-order valence-electron chi connectivity index (χ4n) is 3.35. The molecular weight excluding hydrogens is 363 g/mol. The highest BCUT2D eigenvalue weighted by molar-refractivity contribution is 5.93. The van der Waals surface area contributed by atoms with Crippen LogP contribution in [0.1, 0.15) is 28.7 Å². The monoisotopic (exact) mass is 382 g/mol. The summed E-state index contributed by atoms with van der Waals surface area (Å²) in [5.41, 5.74) is 4.38. The van der Waals surface area contributed by atoms with Gasteiger partial charge >= 0.3 is 0 Å². The Kier molecular flexibility index (Phi) is 4.87. The first kappa shape index (κ1) is 18.2. The Morgan fingerprint density at radius 2 is 2.07 bits per heavy atom. The Morgan fingerprint density at radius 3 is 2.82 bits per heavy atom. The number of carbonyl (C=O) groups excluding carboxylic acids is 1. The van der Waals surface area contributed by atoms with Gasteiger partial charge in [0.1, 0.15) is 5.69 Å². The Bertz CT molecular complexity index is 1050. The molecule has 4 heterocycles. The second-order valence-corrected chi connectivity index (χ2v) is 6.47. The van der Waals surface area contributed by atoms with Crippen LogP contribution in [0.5, 0.6) is 5.88 Å². The maximum Gasteiger partial charge on any atom is 0.250 e. The van der Waals surface area contributed by atoms with E-state index in [2.05, 4.69) is 9.97 Å². The number of halogens is 1. The van der Waals surface area contributed by atoms with E-state index in [4.69, 9.17) is 14.6 Å². The van der Waals surface area contributed by atoms with Gasteiger partial charge in [-0.1, -0.05) is 0 Å². The standard InChI is InChI=1S/C20H19FN4O3/c1-12(26)17-9-13(3-6-22-17)19-15-4-7-28-8-5-18(15)25(24-19)14-10-16(21)20(27-2)23-11-14/h3,6,9-11H,4-5,7-8H2,1-2H3. The molecule has 0 amide bonds. The smallest absolute Gasteiger partial charge is 0.250 e. The van der Waals surface area contributed by atoms with Crippen molar-refractivity contribution < 1.29 is 18.7 Å². The zero-order valence-corrected chi connectivity index (χ0v) is 15.6. The van der Waals surface area contributed by atoms with Gasteiger partial charge < -0.3 is 9.47 Å². The van der Waals surface area contributed by atoms with E-state index in [9.17, 15) is 9.18 Å². The van der Waals surface area contributed by atoms with Crippen LogP contribution in [0, 0.1) is 5.82 Å². The summed E-state index contributed by atoms with van der Waals surface area (Å²) in [5.74, 6) is -0.735. The minimum atomic E-state index is -0.557. The van der Waals surface area contributed by atoms with E-state index in [0.717, 1.165) is 22.5 Å². The number of aromatic nitrogens is 4. The number of hydrogen-bond acceptors (Lipinski definition) is 6. The molecule has 8 heteroatoms. The lowest BCUT2D eigenvalue weighted by molar-refractivity contribution is 0.101. The molecule has 0 unspecified atom stereocenters. The molecule has 0 fully saturated rings. The lowest BCUT2D eigenvalue weighted by Gasteiger charge is -2.08. The van der Waals surface area contributed by atoms with Gasteiger partial charge in [-0.2, -0.15) is 5.10 Å². The zero-order valence-electron chi connectivity index (χ0n) is 15.6. The van der Waals surface area contributed by atoms with Crippen molar-refractivity contribution in [1.29, 1.82) is 0 Å². The first-order valence-corrected chi connectivity index (χ1v) is 8.94. The van der Waals surface area contributed by atoms with Crippen molar-refractivity contribution in [2.75, 3.05) is 20.3 Å². The summed E-state index contributed by atoms with van der Waals surface area (Å²) in [6.45, 7) is 2.61. The molecule has 7 nitrogen and oxygen atoms in total. The van der Waals surface area contributed by atoms with Crippen LogP contribution in [0.2, 0.25) is 0 Å². The van der Waals surface area contributed by atoms with Crippen molar-refractivity contribution in [3.63, 3.8) is 0 Å². The van der Waals surface area contributed by atoms with Gasteiger partial charge in [0.05, 0.1) is 43.6 Å². The summed E-state index contributed by atoms with van der Waals surface area (Å²) >= 11 is 0. The summed E-state index contributed by atoms with van der Waals surface area (Å²) in [6.07, 6.45) is 4.44. The highest BCUT2D eigenvalue weighted by Gasteiger charge is 2.23. The molecule has 3 aromatic rings. The number of Topliss-reactive ketones (excluding diaryl/α,β-unsaturated/α-hetero) is 1. The minimum absolute atomic E-state index is 0.0641. The third-order valence-corrected chi connectivity index (χ3v) is 4.69. The number of fused-ring (bicyclic) bond motifs is 1. The van der Waals surface area contributed by atoms with E-state index in [1.807, 2.05) is 6.07 Å². The van der Waals surface area contributed by atoms with E-state index in [-0.39, 0.29) is 11.7 Å². The first-order valence-electron chi connectivity index (χ1n) is 8.94. The van der Waals surface area contributed by atoms with E-state index >= 15 is 0 Å². The molecule has 0 N–H and O–H groups in total. The summed E-state index contributed by atoms with van der Waals surface area (Å²) in [7, 11) is 1.37. The largest absolute Gasteiger partial charge is 0.479 e. The average molecular weight is 382 g/mol. The maximum atomic E-state index is 14.2. The Morgan fingerprint density at radius 1 is 1.25 bits per heavy atom. The van der Waals surface area contributed by atoms with E-state index < -0.39 is 5.82 Å². The van der Waals surface area contributed by atoms with Crippen molar-refractivity contribution >= 4 is 5.78 Å². The van der Waals surface area contributed by atoms with E-state index in [0.29, 0.717) is 37.4 Å². The van der Waals surface area contributed by atoms with Gasteiger partial charge in [0, 0.05) is 36.7 Å². The number of pyridine rings is 2. The predicted molar refractivity (Wildman–Crippen MR) is 99.3 cm³/mol. The molecule has 0 aromatic carbocycles. The highest BCUT2D eigenvalue weighted by Crippen LogP contribution is 2.30. The topological polar surface area (TPSA) is 79.1 Å².